The summed E-state index contributed by atoms with van der Waals surface area (Å²) in [5.74, 6) is 0.0661. The zero-order valence-corrected chi connectivity index (χ0v) is 9.78. The van der Waals surface area contributed by atoms with Gasteiger partial charge in [0.25, 0.3) is 5.56 Å². The van der Waals surface area contributed by atoms with Crippen LogP contribution in [0.25, 0.3) is 0 Å². The summed E-state index contributed by atoms with van der Waals surface area (Å²) in [6.07, 6.45) is 0. The molecule has 0 spiro atoms. The number of nitrogens with zero attached hydrogens (tertiary/aromatic N) is 1. The third kappa shape index (κ3) is 2.40. The van der Waals surface area contributed by atoms with Crippen molar-refractivity contribution in [3.05, 3.63) is 50.2 Å². The molecule has 2 rings (SSSR count). The number of anilines is 2. The van der Waals surface area contributed by atoms with Gasteiger partial charge in [0.05, 0.1) is 0 Å². The highest BCUT2D eigenvalue weighted by Gasteiger charge is 2.04. The third-order valence-electron chi connectivity index (χ3n) is 2.65. The van der Waals surface area contributed by atoms with E-state index in [1.54, 1.807) is 0 Å². The third-order valence-corrected chi connectivity index (χ3v) is 2.65. The Morgan fingerprint density at radius 3 is 2.89 bits per heavy atom. The highest BCUT2D eigenvalue weighted by Crippen LogP contribution is 2.15. The molecule has 5 N–H and O–H groups in total. The van der Waals surface area contributed by atoms with E-state index in [-0.39, 0.29) is 5.82 Å². The van der Waals surface area contributed by atoms with Crippen LogP contribution in [0.15, 0.2) is 27.8 Å². The van der Waals surface area contributed by atoms with Gasteiger partial charge in [-0.25, -0.2) is 9.89 Å². The molecule has 0 aliphatic carbocycles. The molecule has 7 heteroatoms. The van der Waals surface area contributed by atoms with Gasteiger partial charge in [0.1, 0.15) is 0 Å². The number of hydrogen-bond acceptors (Lipinski definition) is 5. The van der Waals surface area contributed by atoms with E-state index >= 15 is 0 Å². The van der Waals surface area contributed by atoms with Crippen molar-refractivity contribution in [2.24, 2.45) is 0 Å². The lowest BCUT2D eigenvalue weighted by Crippen LogP contribution is -2.26. The van der Waals surface area contributed by atoms with Crippen LogP contribution in [-0.2, 0) is 6.54 Å². The molecule has 1 aromatic carbocycles. The van der Waals surface area contributed by atoms with E-state index < -0.39 is 11.2 Å². The number of aromatic amines is 2. The number of nitrogens with two attached hydrogens (primary N) is 1. The molecule has 0 atom stereocenters. The van der Waals surface area contributed by atoms with E-state index in [2.05, 4.69) is 20.5 Å². The first-order chi connectivity index (χ1) is 8.58. The molecule has 0 fully saturated rings. The maximum Gasteiger partial charge on any atom is 0.342 e. The highest BCUT2D eigenvalue weighted by atomic mass is 16.2. The molecule has 0 saturated carbocycles. The Hall–Kier alpha value is -2.57. The van der Waals surface area contributed by atoms with Gasteiger partial charge in [-0.2, -0.15) is 0 Å². The molecule has 0 radical (unpaired) electrons. The minimum absolute atomic E-state index is 0.0661. The second-order valence-electron chi connectivity index (χ2n) is 3.84. The molecule has 1 aromatic heterocycles. The average molecular weight is 247 g/mol. The molecule has 7 nitrogen and oxygen atoms in total. The van der Waals surface area contributed by atoms with Gasteiger partial charge in [-0.3, -0.25) is 9.78 Å². The summed E-state index contributed by atoms with van der Waals surface area (Å²) >= 11 is 0. The molecule has 0 bridgehead atoms. The van der Waals surface area contributed by atoms with Crippen molar-refractivity contribution in [3.8, 4) is 0 Å². The van der Waals surface area contributed by atoms with E-state index in [0.29, 0.717) is 12.2 Å². The van der Waals surface area contributed by atoms with Gasteiger partial charge in [-0.1, -0.05) is 12.1 Å². The normalized spacial score (nSPS) is 10.3. The summed E-state index contributed by atoms with van der Waals surface area (Å²) in [6, 6.07) is 5.55. The van der Waals surface area contributed by atoms with Crippen LogP contribution in [0, 0.1) is 6.92 Å². The molecule has 0 aliphatic heterocycles. The maximum atomic E-state index is 11.4. The first-order valence-corrected chi connectivity index (χ1v) is 5.35. The fourth-order valence-corrected chi connectivity index (χ4v) is 1.54. The molecule has 0 aliphatic rings. The largest absolute Gasteiger partial charge is 0.399 e. The Bertz CT molecular complexity index is 674. The van der Waals surface area contributed by atoms with Crippen molar-refractivity contribution in [3.63, 3.8) is 0 Å². The predicted octanol–water partition coefficient (Wildman–Crippen LogP) is -0.0391. The molecular formula is C11H13N5O2. The van der Waals surface area contributed by atoms with E-state index in [9.17, 15) is 9.59 Å². The Labute approximate surface area is 102 Å². The maximum absolute atomic E-state index is 11.4. The van der Waals surface area contributed by atoms with Gasteiger partial charge < -0.3 is 11.1 Å². The number of nitrogens with one attached hydrogen (secondary N) is 3. The smallest absolute Gasteiger partial charge is 0.342 e. The fraction of sp³-hybridized carbons (Fsp3) is 0.182. The average Bonchev–Trinajstić information content (AvgIpc) is 2.33. The van der Waals surface area contributed by atoms with Crippen molar-refractivity contribution in [1.82, 2.24) is 15.2 Å². The van der Waals surface area contributed by atoms with Crippen LogP contribution in [0.2, 0.25) is 0 Å². The molecule has 0 saturated heterocycles. The van der Waals surface area contributed by atoms with Gasteiger partial charge in [0.2, 0.25) is 5.82 Å². The Kier molecular flexibility index (Phi) is 3.13. The van der Waals surface area contributed by atoms with Crippen molar-refractivity contribution in [1.29, 1.82) is 0 Å². The molecule has 1 heterocycles. The molecule has 94 valence electrons. The van der Waals surface area contributed by atoms with Crippen LogP contribution in [0.3, 0.4) is 0 Å². The van der Waals surface area contributed by atoms with Gasteiger partial charge >= 0.3 is 5.69 Å². The summed E-state index contributed by atoms with van der Waals surface area (Å²) in [6.45, 7) is 2.30. The number of nitrogen functional groups attached to an aromatic ring is 1. The van der Waals surface area contributed by atoms with E-state index in [0.717, 1.165) is 11.1 Å². The SMILES string of the molecule is Cc1c(N)cccc1CNc1n[nH]c(=O)[nH]c1=O. The minimum atomic E-state index is -0.634. The topological polar surface area (TPSA) is 117 Å². The first-order valence-electron chi connectivity index (χ1n) is 5.35. The minimum Gasteiger partial charge on any atom is -0.399 e. The lowest BCUT2D eigenvalue weighted by molar-refractivity contribution is 0.882. The lowest BCUT2D eigenvalue weighted by Gasteiger charge is -2.09. The Morgan fingerprint density at radius 1 is 1.39 bits per heavy atom. The zero-order chi connectivity index (χ0) is 13.1. The van der Waals surface area contributed by atoms with Gasteiger partial charge in [0.15, 0.2) is 0 Å². The summed E-state index contributed by atoms with van der Waals surface area (Å²) in [5, 5.41) is 8.62. The summed E-state index contributed by atoms with van der Waals surface area (Å²) in [4.78, 5) is 24.3. The van der Waals surface area contributed by atoms with Crippen LogP contribution in [-0.4, -0.2) is 15.2 Å². The van der Waals surface area contributed by atoms with Crippen LogP contribution in [0.5, 0.6) is 0 Å². The Morgan fingerprint density at radius 2 is 2.17 bits per heavy atom. The van der Waals surface area contributed by atoms with E-state index in [1.165, 1.54) is 0 Å². The van der Waals surface area contributed by atoms with Gasteiger partial charge in [-0.15, -0.1) is 5.10 Å². The predicted molar refractivity (Wildman–Crippen MR) is 68.4 cm³/mol. The van der Waals surface area contributed by atoms with Crippen molar-refractivity contribution >= 4 is 11.5 Å². The standard InChI is InChI=1S/C11H13N5O2/c1-6-7(3-2-4-8(6)12)5-13-9-10(17)14-11(18)16-15-9/h2-4H,5,12H2,1H3,(H,13,15)(H2,14,16,17,18). The molecule has 0 unspecified atom stereocenters. The van der Waals surface area contributed by atoms with Crippen molar-refractivity contribution in [2.45, 2.75) is 13.5 Å². The molecule has 2 aromatic rings. The molecule has 0 amide bonds. The lowest BCUT2D eigenvalue weighted by atomic mass is 10.1. The van der Waals surface area contributed by atoms with E-state index in [4.69, 9.17) is 5.73 Å². The second kappa shape index (κ2) is 4.74. The monoisotopic (exact) mass is 247 g/mol. The number of hydrogen-bond donors (Lipinski definition) is 4. The summed E-state index contributed by atoms with van der Waals surface area (Å²) < 4.78 is 0. The number of aromatic nitrogens is 3. The van der Waals surface area contributed by atoms with Crippen LogP contribution < -0.4 is 22.3 Å². The Balaban J connectivity index is 2.19. The van der Waals surface area contributed by atoms with Crippen LogP contribution in [0.1, 0.15) is 11.1 Å². The number of H-pyrrole nitrogens is 2. The zero-order valence-electron chi connectivity index (χ0n) is 9.78. The fourth-order valence-electron chi connectivity index (χ4n) is 1.54. The summed E-state index contributed by atoms with van der Waals surface area (Å²) in [5.41, 5.74) is 7.19. The second-order valence-corrected chi connectivity index (χ2v) is 3.84. The first kappa shape index (κ1) is 11.9. The van der Waals surface area contributed by atoms with Gasteiger partial charge in [0, 0.05) is 12.2 Å². The van der Waals surface area contributed by atoms with Gasteiger partial charge in [-0.05, 0) is 24.1 Å². The van der Waals surface area contributed by atoms with Crippen LogP contribution in [0.4, 0.5) is 11.5 Å². The quantitative estimate of drug-likeness (QED) is 0.568. The molecule has 18 heavy (non-hydrogen) atoms. The highest BCUT2D eigenvalue weighted by molar-refractivity contribution is 5.50. The number of rotatable bonds is 3. The van der Waals surface area contributed by atoms with Crippen molar-refractivity contribution < 1.29 is 0 Å². The number of benzene rings is 1. The van der Waals surface area contributed by atoms with Crippen molar-refractivity contribution in [2.75, 3.05) is 11.1 Å². The summed E-state index contributed by atoms with van der Waals surface area (Å²) in [7, 11) is 0. The van der Waals surface area contributed by atoms with E-state index in [1.807, 2.05) is 25.1 Å². The molecular weight excluding hydrogens is 234 g/mol. The van der Waals surface area contributed by atoms with Crippen LogP contribution >= 0.6 is 0 Å².